The van der Waals surface area contributed by atoms with Crippen molar-refractivity contribution < 1.29 is 18.1 Å². The molecular formula is C21H17Cl2F2N4O2S+. The second-order valence-electron chi connectivity index (χ2n) is 6.46. The quantitative estimate of drug-likeness (QED) is 0.203. The molecule has 0 radical (unpaired) electrons. The van der Waals surface area contributed by atoms with Crippen LogP contribution in [0.5, 0.6) is 0 Å². The van der Waals surface area contributed by atoms with Crippen molar-refractivity contribution in [2.75, 3.05) is 16.5 Å². The highest BCUT2D eigenvalue weighted by atomic mass is 35.5. The van der Waals surface area contributed by atoms with Gasteiger partial charge in [0.15, 0.2) is 16.6 Å². The fourth-order valence-corrected chi connectivity index (χ4v) is 4.24. The third-order valence-electron chi connectivity index (χ3n) is 4.00. The van der Waals surface area contributed by atoms with E-state index >= 15 is 0 Å². The third-order valence-corrected chi connectivity index (χ3v) is 6.05. The van der Waals surface area contributed by atoms with Crippen LogP contribution >= 0.6 is 23.2 Å². The van der Waals surface area contributed by atoms with Gasteiger partial charge < -0.3 is 15.7 Å². The lowest BCUT2D eigenvalue weighted by Gasteiger charge is -2.07. The van der Waals surface area contributed by atoms with E-state index in [2.05, 4.69) is 32.4 Å². The Morgan fingerprint density at radius 3 is 2.56 bits per heavy atom. The summed E-state index contributed by atoms with van der Waals surface area (Å²) in [5, 5.41) is 15.2. The fraction of sp³-hybridized carbons (Fsp3) is 0.143. The van der Waals surface area contributed by atoms with E-state index in [1.165, 1.54) is 37.5 Å². The summed E-state index contributed by atoms with van der Waals surface area (Å²) in [5.74, 6) is 3.29. The first-order chi connectivity index (χ1) is 15.2. The number of hydrogen-bond acceptors (Lipinski definition) is 6. The molecule has 2 aromatic carbocycles. The predicted octanol–water partition coefficient (Wildman–Crippen LogP) is 4.34. The average Bonchev–Trinajstić information content (AvgIpc) is 2.75. The van der Waals surface area contributed by atoms with Crippen molar-refractivity contribution >= 4 is 45.6 Å². The van der Waals surface area contributed by atoms with Crippen LogP contribution in [0, 0.1) is 23.5 Å². The highest BCUT2D eigenvalue weighted by Gasteiger charge is 2.18. The number of aliphatic hydroxyl groups is 1. The van der Waals surface area contributed by atoms with Gasteiger partial charge in [0, 0.05) is 23.5 Å². The molecule has 0 saturated carbocycles. The molecule has 0 spiro atoms. The zero-order valence-electron chi connectivity index (χ0n) is 16.5. The van der Waals surface area contributed by atoms with Crippen molar-refractivity contribution in [3.8, 4) is 11.8 Å². The molecule has 2 unspecified atom stereocenters. The molecule has 0 amide bonds. The van der Waals surface area contributed by atoms with E-state index in [-0.39, 0.29) is 22.5 Å². The number of hydrogen-bond donors (Lipinski definition) is 3. The summed E-state index contributed by atoms with van der Waals surface area (Å²) in [6.45, 7) is 1.50. The SMILES string of the molecule is CC(O)Nc1ncc(C#Cc2c(F)ccc(NC[SH+](=O)c3cc(Cl)ccc3Cl)c2F)cn1. The lowest BCUT2D eigenvalue weighted by atomic mass is 10.1. The molecule has 0 aliphatic heterocycles. The molecule has 11 heteroatoms. The molecule has 0 bridgehead atoms. The van der Waals surface area contributed by atoms with E-state index in [0.29, 0.717) is 15.5 Å². The van der Waals surface area contributed by atoms with Crippen LogP contribution in [0.1, 0.15) is 18.1 Å². The average molecular weight is 498 g/mol. The van der Waals surface area contributed by atoms with Crippen LogP contribution in [0.25, 0.3) is 0 Å². The summed E-state index contributed by atoms with van der Waals surface area (Å²) >= 11 is 12.0. The Balaban J connectivity index is 1.77. The van der Waals surface area contributed by atoms with Gasteiger partial charge in [-0.15, -0.1) is 4.21 Å². The first kappa shape index (κ1) is 23.9. The lowest BCUT2D eigenvalue weighted by molar-refractivity contribution is 0.223. The van der Waals surface area contributed by atoms with Gasteiger partial charge in [-0.25, -0.2) is 18.7 Å². The van der Waals surface area contributed by atoms with Gasteiger partial charge in [0.2, 0.25) is 5.95 Å². The van der Waals surface area contributed by atoms with Gasteiger partial charge in [-0.05, 0) is 31.2 Å². The fourth-order valence-electron chi connectivity index (χ4n) is 2.51. The van der Waals surface area contributed by atoms with E-state index in [4.69, 9.17) is 23.2 Å². The first-order valence-electron chi connectivity index (χ1n) is 9.15. The van der Waals surface area contributed by atoms with Crippen LogP contribution in [0.3, 0.4) is 0 Å². The number of rotatable bonds is 6. The Morgan fingerprint density at radius 2 is 1.88 bits per heavy atom. The second kappa shape index (κ2) is 10.7. The number of nitrogens with zero attached hydrogens (tertiary/aromatic N) is 2. The molecule has 32 heavy (non-hydrogen) atoms. The van der Waals surface area contributed by atoms with E-state index < -0.39 is 34.2 Å². The maximum absolute atomic E-state index is 14.8. The molecule has 2 atom stereocenters. The number of aromatic nitrogens is 2. The zero-order valence-corrected chi connectivity index (χ0v) is 18.9. The Labute approximate surface area is 195 Å². The summed E-state index contributed by atoms with van der Waals surface area (Å²) in [7, 11) is -2.03. The highest BCUT2D eigenvalue weighted by Crippen LogP contribution is 2.25. The van der Waals surface area contributed by atoms with Gasteiger partial charge >= 0.3 is 0 Å². The van der Waals surface area contributed by atoms with Gasteiger partial charge in [0.25, 0.3) is 0 Å². The normalized spacial score (nSPS) is 12.4. The first-order valence-corrected chi connectivity index (χ1v) is 11.3. The van der Waals surface area contributed by atoms with Crippen molar-refractivity contribution in [2.24, 2.45) is 0 Å². The maximum atomic E-state index is 14.8. The highest BCUT2D eigenvalue weighted by molar-refractivity contribution is 7.85. The van der Waals surface area contributed by atoms with Gasteiger partial charge in [-0.3, -0.25) is 0 Å². The molecule has 0 fully saturated rings. The molecule has 3 aromatic rings. The topological polar surface area (TPSA) is 87.1 Å². The van der Waals surface area contributed by atoms with E-state index in [9.17, 15) is 18.1 Å². The van der Waals surface area contributed by atoms with Gasteiger partial charge in [0.1, 0.15) is 22.8 Å². The molecular weight excluding hydrogens is 481 g/mol. The van der Waals surface area contributed by atoms with Crippen LogP contribution in [-0.2, 0) is 15.0 Å². The minimum Gasteiger partial charge on any atom is -0.374 e. The number of anilines is 2. The van der Waals surface area contributed by atoms with E-state index in [1.807, 2.05) is 0 Å². The molecule has 166 valence electrons. The second-order valence-corrected chi connectivity index (χ2v) is 8.86. The Morgan fingerprint density at radius 1 is 1.16 bits per heavy atom. The number of benzene rings is 2. The Bertz CT molecular complexity index is 1210. The molecule has 0 aliphatic carbocycles. The van der Waals surface area contributed by atoms with Gasteiger partial charge in [-0.1, -0.05) is 35.0 Å². The molecule has 3 N–H and O–H groups in total. The molecule has 0 saturated heterocycles. The predicted molar refractivity (Wildman–Crippen MR) is 122 cm³/mol. The van der Waals surface area contributed by atoms with Crippen molar-refractivity contribution in [2.45, 2.75) is 18.0 Å². The van der Waals surface area contributed by atoms with Crippen LogP contribution in [-0.4, -0.2) is 27.2 Å². The minimum absolute atomic E-state index is 0.0649. The van der Waals surface area contributed by atoms with Crippen molar-refractivity contribution in [3.05, 3.63) is 75.5 Å². The standard InChI is InChI=1S/C21H16Cl2F2N4O2S/c1-12(30)29-21-26-9-13(10-27-21)2-4-15-17(24)6-7-18(20(15)25)28-11-32(31)19-8-14(22)3-5-16(19)23/h3,5-10,12,28,30H,11H2,1H3,(H,26,27,29)/p+1. The smallest absolute Gasteiger partial charge is 0.224 e. The van der Waals surface area contributed by atoms with Crippen LogP contribution in [0.15, 0.2) is 47.6 Å². The van der Waals surface area contributed by atoms with Crippen molar-refractivity contribution in [1.29, 1.82) is 0 Å². The van der Waals surface area contributed by atoms with Crippen LogP contribution in [0.2, 0.25) is 10.0 Å². The molecule has 1 heterocycles. The largest absolute Gasteiger partial charge is 0.374 e. The lowest BCUT2D eigenvalue weighted by Crippen LogP contribution is -2.15. The molecule has 6 nitrogen and oxygen atoms in total. The number of nitrogens with one attached hydrogen (secondary N) is 2. The van der Waals surface area contributed by atoms with E-state index in [1.54, 1.807) is 6.07 Å². The van der Waals surface area contributed by atoms with Crippen molar-refractivity contribution in [1.82, 2.24) is 9.97 Å². The monoisotopic (exact) mass is 497 g/mol. The summed E-state index contributed by atoms with van der Waals surface area (Å²) < 4.78 is 41.5. The van der Waals surface area contributed by atoms with E-state index in [0.717, 1.165) is 6.07 Å². The minimum atomic E-state index is -2.03. The maximum Gasteiger partial charge on any atom is 0.224 e. The molecule has 0 aliphatic rings. The van der Waals surface area contributed by atoms with Crippen LogP contribution in [0.4, 0.5) is 20.4 Å². The summed E-state index contributed by atoms with van der Waals surface area (Å²) in [4.78, 5) is 8.23. The zero-order chi connectivity index (χ0) is 23.3. The molecule has 3 rings (SSSR count). The van der Waals surface area contributed by atoms with Gasteiger partial charge in [0.05, 0.1) is 21.8 Å². The Hall–Kier alpha value is -2.77. The summed E-state index contributed by atoms with van der Waals surface area (Å²) in [5.41, 5.74) is -0.209. The van der Waals surface area contributed by atoms with Gasteiger partial charge in [-0.2, -0.15) is 0 Å². The summed E-state index contributed by atoms with van der Waals surface area (Å²) in [6, 6.07) is 6.82. The Kier molecular flexibility index (Phi) is 7.99. The summed E-state index contributed by atoms with van der Waals surface area (Å²) in [6.07, 6.45) is 1.86. The van der Waals surface area contributed by atoms with Crippen LogP contribution < -0.4 is 10.6 Å². The number of thiol groups is 1. The number of halogens is 4. The third kappa shape index (κ3) is 6.14. The van der Waals surface area contributed by atoms with Crippen molar-refractivity contribution in [3.63, 3.8) is 0 Å². The number of aliphatic hydroxyl groups excluding tert-OH is 1. The molecule has 1 aromatic heterocycles.